The molecule has 144 valence electrons. The summed E-state index contributed by atoms with van der Waals surface area (Å²) in [6, 6.07) is 13.0. The first kappa shape index (κ1) is 19.4. The van der Waals surface area contributed by atoms with Crippen molar-refractivity contribution in [2.75, 3.05) is 29.9 Å². The average molecular weight is 377 g/mol. The molecular weight excluding hydrogens is 354 g/mol. The molecule has 0 bridgehead atoms. The summed E-state index contributed by atoms with van der Waals surface area (Å²) >= 11 is 0. The predicted molar refractivity (Wildman–Crippen MR) is 107 cm³/mol. The third-order valence-corrected chi connectivity index (χ3v) is 4.97. The van der Waals surface area contributed by atoms with Crippen LogP contribution in [0.1, 0.15) is 24.0 Å². The van der Waals surface area contributed by atoms with Crippen LogP contribution in [0.15, 0.2) is 42.6 Å². The monoisotopic (exact) mass is 377 g/mol. The Morgan fingerprint density at radius 1 is 1.18 bits per heavy atom. The fourth-order valence-electron chi connectivity index (χ4n) is 3.29. The Bertz CT molecular complexity index is 898. The molecule has 1 aromatic carbocycles. The molecule has 2 amide bonds. The second-order valence-electron chi connectivity index (χ2n) is 6.90. The molecule has 1 aromatic heterocycles. The number of piperidine rings is 1. The molecule has 1 aliphatic rings. The van der Waals surface area contributed by atoms with E-state index in [1.54, 1.807) is 24.4 Å². The number of carbonyl (C=O) groups is 2. The lowest BCUT2D eigenvalue weighted by atomic mass is 9.96. The molecular formula is C21H23N5O2. The van der Waals surface area contributed by atoms with Gasteiger partial charge in [0.1, 0.15) is 11.9 Å². The molecule has 0 aliphatic carbocycles. The van der Waals surface area contributed by atoms with Gasteiger partial charge in [-0.1, -0.05) is 18.2 Å². The molecule has 0 atom stereocenters. The van der Waals surface area contributed by atoms with Crippen LogP contribution in [0, 0.1) is 24.2 Å². The molecule has 2 N–H and O–H groups in total. The fourth-order valence-corrected chi connectivity index (χ4v) is 3.29. The third-order valence-electron chi connectivity index (χ3n) is 4.97. The van der Waals surface area contributed by atoms with Gasteiger partial charge in [0.15, 0.2) is 0 Å². The van der Waals surface area contributed by atoms with Crippen molar-refractivity contribution in [3.63, 3.8) is 0 Å². The van der Waals surface area contributed by atoms with Gasteiger partial charge in [0.2, 0.25) is 0 Å². The number of carbonyl (C=O) groups excluding carboxylic acids is 2. The fraction of sp³-hybridized carbons (Fsp3) is 0.333. The van der Waals surface area contributed by atoms with E-state index in [4.69, 9.17) is 0 Å². The van der Waals surface area contributed by atoms with Gasteiger partial charge in [-0.15, -0.1) is 0 Å². The minimum atomic E-state index is -0.654. The van der Waals surface area contributed by atoms with E-state index in [0.29, 0.717) is 29.5 Å². The first-order valence-electron chi connectivity index (χ1n) is 9.33. The highest BCUT2D eigenvalue weighted by Crippen LogP contribution is 2.23. The number of hydrogen-bond acceptors (Lipinski definition) is 5. The lowest BCUT2D eigenvalue weighted by Gasteiger charge is -2.33. The van der Waals surface area contributed by atoms with E-state index >= 15 is 0 Å². The average Bonchev–Trinajstić information content (AvgIpc) is 2.74. The molecule has 0 radical (unpaired) electrons. The van der Waals surface area contributed by atoms with Crippen LogP contribution < -0.4 is 15.5 Å². The highest BCUT2D eigenvalue weighted by molar-refractivity contribution is 6.39. The molecule has 2 heterocycles. The summed E-state index contributed by atoms with van der Waals surface area (Å²) in [5.41, 5.74) is 2.11. The maximum Gasteiger partial charge on any atom is 0.313 e. The molecule has 7 heteroatoms. The van der Waals surface area contributed by atoms with Gasteiger partial charge in [-0.25, -0.2) is 4.98 Å². The van der Waals surface area contributed by atoms with Gasteiger partial charge in [0.05, 0.1) is 5.56 Å². The Morgan fingerprint density at radius 3 is 2.64 bits per heavy atom. The topological polar surface area (TPSA) is 98.1 Å². The summed E-state index contributed by atoms with van der Waals surface area (Å²) in [6.07, 6.45) is 3.41. The number of aryl methyl sites for hydroxylation is 1. The van der Waals surface area contributed by atoms with E-state index in [0.717, 1.165) is 31.5 Å². The van der Waals surface area contributed by atoms with Crippen LogP contribution in [0.25, 0.3) is 0 Å². The molecule has 3 rings (SSSR count). The molecule has 28 heavy (non-hydrogen) atoms. The molecule has 1 fully saturated rings. The van der Waals surface area contributed by atoms with E-state index in [-0.39, 0.29) is 0 Å². The number of nitriles is 1. The van der Waals surface area contributed by atoms with Crippen molar-refractivity contribution in [3.8, 4) is 6.07 Å². The third kappa shape index (κ3) is 4.65. The Labute approximate surface area is 164 Å². The smallest absolute Gasteiger partial charge is 0.313 e. The Morgan fingerprint density at radius 2 is 1.93 bits per heavy atom. The first-order chi connectivity index (χ1) is 13.6. The number of anilines is 2. The molecule has 1 saturated heterocycles. The second kappa shape index (κ2) is 9.00. The Kier molecular flexibility index (Phi) is 6.22. The molecule has 0 spiro atoms. The molecule has 2 aromatic rings. The van der Waals surface area contributed by atoms with Crippen molar-refractivity contribution in [1.82, 2.24) is 10.3 Å². The van der Waals surface area contributed by atoms with Crippen molar-refractivity contribution in [3.05, 3.63) is 53.7 Å². The standard InChI is InChI=1S/C21H23N5O2/c1-15-5-2-3-7-18(15)25-21(28)20(27)24-14-16-8-11-26(12-9-16)19-17(13-22)6-4-10-23-19/h2-7,10,16H,8-9,11-12,14H2,1H3,(H,24,27)(H,25,28). The summed E-state index contributed by atoms with van der Waals surface area (Å²) in [5.74, 6) is -0.271. The molecule has 1 aliphatic heterocycles. The van der Waals surface area contributed by atoms with Crippen LogP contribution in [-0.4, -0.2) is 36.4 Å². The highest BCUT2D eigenvalue weighted by Gasteiger charge is 2.23. The zero-order valence-electron chi connectivity index (χ0n) is 15.8. The van der Waals surface area contributed by atoms with E-state index in [9.17, 15) is 14.9 Å². The van der Waals surface area contributed by atoms with Gasteiger partial charge < -0.3 is 15.5 Å². The zero-order chi connectivity index (χ0) is 19.9. The second-order valence-corrected chi connectivity index (χ2v) is 6.90. The van der Waals surface area contributed by atoms with Crippen molar-refractivity contribution in [1.29, 1.82) is 5.26 Å². The minimum Gasteiger partial charge on any atom is -0.356 e. The number of para-hydroxylation sites is 1. The maximum atomic E-state index is 12.1. The summed E-state index contributed by atoms with van der Waals surface area (Å²) < 4.78 is 0. The van der Waals surface area contributed by atoms with Crippen LogP contribution in [0.2, 0.25) is 0 Å². The van der Waals surface area contributed by atoms with Gasteiger partial charge in [-0.3, -0.25) is 9.59 Å². The quantitative estimate of drug-likeness (QED) is 0.796. The van der Waals surface area contributed by atoms with E-state index in [1.165, 1.54) is 0 Å². The van der Waals surface area contributed by atoms with Gasteiger partial charge in [0, 0.05) is 31.5 Å². The highest BCUT2D eigenvalue weighted by atomic mass is 16.2. The lowest BCUT2D eigenvalue weighted by Crippen LogP contribution is -2.42. The summed E-state index contributed by atoms with van der Waals surface area (Å²) in [4.78, 5) is 30.6. The number of pyridine rings is 1. The molecule has 0 saturated carbocycles. The van der Waals surface area contributed by atoms with E-state index in [2.05, 4.69) is 26.6 Å². The van der Waals surface area contributed by atoms with Crippen molar-refractivity contribution < 1.29 is 9.59 Å². The number of aromatic nitrogens is 1. The number of benzene rings is 1. The van der Waals surface area contributed by atoms with Crippen LogP contribution in [0.3, 0.4) is 0 Å². The van der Waals surface area contributed by atoms with Gasteiger partial charge in [0.25, 0.3) is 0 Å². The van der Waals surface area contributed by atoms with Crippen LogP contribution in [0.5, 0.6) is 0 Å². The number of hydrogen-bond donors (Lipinski definition) is 2. The SMILES string of the molecule is Cc1ccccc1NC(=O)C(=O)NCC1CCN(c2ncccc2C#N)CC1. The van der Waals surface area contributed by atoms with Crippen molar-refractivity contribution in [2.45, 2.75) is 19.8 Å². The molecule has 7 nitrogen and oxygen atoms in total. The minimum absolute atomic E-state index is 0.292. The molecule has 0 unspecified atom stereocenters. The van der Waals surface area contributed by atoms with Gasteiger partial charge >= 0.3 is 11.8 Å². The van der Waals surface area contributed by atoms with Crippen LogP contribution >= 0.6 is 0 Å². The summed E-state index contributed by atoms with van der Waals surface area (Å²) in [7, 11) is 0. The normalized spacial score (nSPS) is 14.2. The van der Waals surface area contributed by atoms with Crippen molar-refractivity contribution >= 4 is 23.3 Å². The Hall–Kier alpha value is -3.40. The first-order valence-corrected chi connectivity index (χ1v) is 9.33. The van der Waals surface area contributed by atoms with Crippen molar-refractivity contribution in [2.24, 2.45) is 5.92 Å². The summed E-state index contributed by atoms with van der Waals surface area (Å²) in [6.45, 7) is 3.87. The van der Waals surface area contributed by atoms with E-state index < -0.39 is 11.8 Å². The predicted octanol–water partition coefficient (Wildman–Crippen LogP) is 2.23. The Balaban J connectivity index is 1.46. The van der Waals surface area contributed by atoms with Crippen LogP contribution in [-0.2, 0) is 9.59 Å². The number of amides is 2. The van der Waals surface area contributed by atoms with Gasteiger partial charge in [-0.05, 0) is 49.4 Å². The lowest BCUT2D eigenvalue weighted by molar-refractivity contribution is -0.136. The zero-order valence-corrected chi connectivity index (χ0v) is 15.8. The number of nitrogens with one attached hydrogen (secondary N) is 2. The van der Waals surface area contributed by atoms with E-state index in [1.807, 2.05) is 25.1 Å². The number of rotatable bonds is 4. The van der Waals surface area contributed by atoms with Crippen LogP contribution in [0.4, 0.5) is 11.5 Å². The number of nitrogens with zero attached hydrogens (tertiary/aromatic N) is 3. The largest absolute Gasteiger partial charge is 0.356 e. The maximum absolute atomic E-state index is 12.1. The van der Waals surface area contributed by atoms with Gasteiger partial charge in [-0.2, -0.15) is 5.26 Å². The summed E-state index contributed by atoms with van der Waals surface area (Å²) in [5, 5.41) is 14.6.